The van der Waals surface area contributed by atoms with Crippen molar-refractivity contribution in [3.05, 3.63) is 36.3 Å². The largest absolute Gasteiger partial charge is 0.449 e. The fourth-order valence-electron chi connectivity index (χ4n) is 1.92. The zero-order chi connectivity index (χ0) is 15.2. The average Bonchev–Trinajstić information content (AvgIpc) is 2.92. The molecule has 1 atom stereocenters. The monoisotopic (exact) mass is 291 g/mol. The maximum Gasteiger partial charge on any atom is 0.417 e. The minimum Gasteiger partial charge on any atom is -0.449 e. The van der Waals surface area contributed by atoms with Gasteiger partial charge in [0.05, 0.1) is 6.61 Å². The molecule has 0 aromatic rings. The van der Waals surface area contributed by atoms with Crippen molar-refractivity contribution in [1.29, 1.82) is 0 Å². The first-order chi connectivity index (χ1) is 10.1. The van der Waals surface area contributed by atoms with Crippen molar-refractivity contribution in [3.63, 3.8) is 0 Å². The molecule has 0 bridgehead atoms. The van der Waals surface area contributed by atoms with Crippen LogP contribution in [0.25, 0.3) is 0 Å². The van der Waals surface area contributed by atoms with Gasteiger partial charge in [0.1, 0.15) is 6.04 Å². The summed E-state index contributed by atoms with van der Waals surface area (Å²) in [4.78, 5) is 35.6. The van der Waals surface area contributed by atoms with Crippen molar-refractivity contribution in [1.82, 2.24) is 15.5 Å². The highest BCUT2D eigenvalue weighted by atomic mass is 16.5. The lowest BCUT2D eigenvalue weighted by atomic mass is 10.2. The molecular formula is C14H17N3O4. The molecule has 1 fully saturated rings. The molecule has 2 rings (SSSR count). The van der Waals surface area contributed by atoms with Gasteiger partial charge in [-0.25, -0.2) is 4.79 Å². The number of ether oxygens (including phenoxy) is 1. The molecule has 3 amide bonds. The fourth-order valence-corrected chi connectivity index (χ4v) is 1.92. The van der Waals surface area contributed by atoms with Gasteiger partial charge in [-0.1, -0.05) is 0 Å². The van der Waals surface area contributed by atoms with Crippen LogP contribution in [0.3, 0.4) is 0 Å². The van der Waals surface area contributed by atoms with E-state index < -0.39 is 12.1 Å². The van der Waals surface area contributed by atoms with Crippen LogP contribution in [-0.2, 0) is 14.3 Å². The SMILES string of the molecule is CCOC(=O)N1C=CC(=CNC(=O)C2CCC(=O)N2)C=C1. The van der Waals surface area contributed by atoms with Crippen molar-refractivity contribution in [2.75, 3.05) is 6.61 Å². The van der Waals surface area contributed by atoms with Crippen molar-refractivity contribution < 1.29 is 19.1 Å². The Labute approximate surface area is 122 Å². The van der Waals surface area contributed by atoms with Gasteiger partial charge in [-0.15, -0.1) is 0 Å². The Balaban J connectivity index is 1.85. The number of carbonyl (C=O) groups excluding carboxylic acids is 3. The zero-order valence-corrected chi connectivity index (χ0v) is 11.7. The zero-order valence-electron chi connectivity index (χ0n) is 11.7. The molecule has 0 aromatic carbocycles. The Morgan fingerprint density at radius 3 is 2.76 bits per heavy atom. The predicted molar refractivity (Wildman–Crippen MR) is 74.5 cm³/mol. The first kappa shape index (κ1) is 14.8. The fraction of sp³-hybridized carbons (Fsp3) is 0.357. The lowest BCUT2D eigenvalue weighted by Gasteiger charge is -2.16. The molecule has 2 N–H and O–H groups in total. The molecule has 2 aliphatic rings. The van der Waals surface area contributed by atoms with Gasteiger partial charge in [0.2, 0.25) is 11.8 Å². The van der Waals surface area contributed by atoms with Crippen LogP contribution in [0.5, 0.6) is 0 Å². The number of rotatable bonds is 3. The van der Waals surface area contributed by atoms with Crippen LogP contribution in [0.2, 0.25) is 0 Å². The minimum atomic E-state index is -0.470. The van der Waals surface area contributed by atoms with E-state index in [2.05, 4.69) is 10.6 Å². The topological polar surface area (TPSA) is 87.7 Å². The van der Waals surface area contributed by atoms with Crippen LogP contribution >= 0.6 is 0 Å². The normalized spacial score (nSPS) is 20.2. The van der Waals surface area contributed by atoms with Crippen LogP contribution in [0.4, 0.5) is 4.79 Å². The van der Waals surface area contributed by atoms with Gasteiger partial charge >= 0.3 is 6.09 Å². The summed E-state index contributed by atoms with van der Waals surface area (Å²) in [6.07, 6.45) is 8.40. The van der Waals surface area contributed by atoms with Crippen molar-refractivity contribution >= 4 is 17.9 Å². The van der Waals surface area contributed by atoms with Gasteiger partial charge < -0.3 is 15.4 Å². The summed E-state index contributed by atoms with van der Waals surface area (Å²) in [6.45, 7) is 2.04. The third-order valence-electron chi connectivity index (χ3n) is 3.03. The highest BCUT2D eigenvalue weighted by molar-refractivity contribution is 5.91. The molecule has 21 heavy (non-hydrogen) atoms. The Morgan fingerprint density at radius 2 is 2.19 bits per heavy atom. The highest BCUT2D eigenvalue weighted by Gasteiger charge is 2.26. The van der Waals surface area contributed by atoms with E-state index in [0.29, 0.717) is 19.4 Å². The molecule has 1 unspecified atom stereocenters. The summed E-state index contributed by atoms with van der Waals surface area (Å²) in [6, 6.07) is -0.470. The summed E-state index contributed by atoms with van der Waals surface area (Å²) >= 11 is 0. The number of amides is 3. The van der Waals surface area contributed by atoms with E-state index in [0.717, 1.165) is 5.57 Å². The second-order valence-electron chi connectivity index (χ2n) is 4.55. The second-order valence-corrected chi connectivity index (χ2v) is 4.55. The van der Waals surface area contributed by atoms with Gasteiger partial charge in [0.25, 0.3) is 0 Å². The van der Waals surface area contributed by atoms with Crippen molar-refractivity contribution in [3.8, 4) is 0 Å². The smallest absolute Gasteiger partial charge is 0.417 e. The average molecular weight is 291 g/mol. The molecule has 112 valence electrons. The third kappa shape index (κ3) is 3.95. The minimum absolute atomic E-state index is 0.106. The number of carbonyl (C=O) groups is 3. The maximum absolute atomic E-state index is 11.8. The maximum atomic E-state index is 11.8. The summed E-state index contributed by atoms with van der Waals surface area (Å²) < 4.78 is 4.85. The lowest BCUT2D eigenvalue weighted by molar-refractivity contribution is -0.125. The Bertz CT molecular complexity index is 520. The van der Waals surface area contributed by atoms with E-state index in [9.17, 15) is 14.4 Å². The standard InChI is InChI=1S/C14H17N3O4/c1-2-21-14(20)17-7-5-10(6-8-17)9-15-13(19)11-3-4-12(18)16-11/h5-9,11H,2-4H2,1H3,(H,15,19)(H,16,18). The number of nitrogens with one attached hydrogen (secondary N) is 2. The number of hydrogen-bond acceptors (Lipinski definition) is 4. The first-order valence-corrected chi connectivity index (χ1v) is 6.71. The molecule has 2 heterocycles. The number of allylic oxidation sites excluding steroid dienone is 3. The van der Waals surface area contributed by atoms with E-state index in [-0.39, 0.29) is 11.8 Å². The number of hydrogen-bond donors (Lipinski definition) is 2. The third-order valence-corrected chi connectivity index (χ3v) is 3.03. The van der Waals surface area contributed by atoms with Gasteiger partial charge in [0, 0.05) is 25.0 Å². The molecular weight excluding hydrogens is 274 g/mol. The summed E-state index contributed by atoms with van der Waals surface area (Å²) in [5.41, 5.74) is 0.730. The quantitative estimate of drug-likeness (QED) is 0.803. The first-order valence-electron chi connectivity index (χ1n) is 6.71. The van der Waals surface area contributed by atoms with E-state index >= 15 is 0 Å². The molecule has 0 aliphatic carbocycles. The van der Waals surface area contributed by atoms with Crippen LogP contribution < -0.4 is 10.6 Å². The molecule has 2 aliphatic heterocycles. The van der Waals surface area contributed by atoms with Crippen LogP contribution in [0, 0.1) is 0 Å². The van der Waals surface area contributed by atoms with Crippen molar-refractivity contribution in [2.45, 2.75) is 25.8 Å². The molecule has 1 saturated heterocycles. The van der Waals surface area contributed by atoms with E-state index in [1.807, 2.05) is 0 Å². The Kier molecular flexibility index (Phi) is 4.76. The summed E-state index contributed by atoms with van der Waals surface area (Å²) in [5.74, 6) is -0.353. The second kappa shape index (κ2) is 6.74. The molecule has 7 nitrogen and oxygen atoms in total. The number of nitrogens with zero attached hydrogens (tertiary/aromatic N) is 1. The lowest BCUT2D eigenvalue weighted by Crippen LogP contribution is -2.39. The van der Waals surface area contributed by atoms with Crippen LogP contribution in [0.1, 0.15) is 19.8 Å². The molecule has 7 heteroatoms. The van der Waals surface area contributed by atoms with E-state index in [1.165, 1.54) is 11.1 Å². The molecule has 0 spiro atoms. The van der Waals surface area contributed by atoms with Gasteiger partial charge in [-0.2, -0.15) is 0 Å². The molecule has 0 radical (unpaired) electrons. The van der Waals surface area contributed by atoms with Gasteiger partial charge in [-0.05, 0) is 31.1 Å². The Hall–Kier alpha value is -2.57. The summed E-state index contributed by atoms with van der Waals surface area (Å²) in [7, 11) is 0. The van der Waals surface area contributed by atoms with E-state index in [1.54, 1.807) is 31.5 Å². The van der Waals surface area contributed by atoms with Gasteiger partial charge in [-0.3, -0.25) is 14.5 Å². The Morgan fingerprint density at radius 1 is 1.48 bits per heavy atom. The van der Waals surface area contributed by atoms with Crippen LogP contribution in [-0.4, -0.2) is 35.5 Å². The predicted octanol–water partition coefficient (Wildman–Crippen LogP) is 0.765. The van der Waals surface area contributed by atoms with Gasteiger partial charge in [0.15, 0.2) is 0 Å². The van der Waals surface area contributed by atoms with E-state index in [4.69, 9.17) is 4.74 Å². The highest BCUT2D eigenvalue weighted by Crippen LogP contribution is 2.10. The molecule has 0 saturated carbocycles. The van der Waals surface area contributed by atoms with Crippen LogP contribution in [0.15, 0.2) is 36.3 Å². The molecule has 0 aromatic heterocycles. The summed E-state index contributed by atoms with van der Waals surface area (Å²) in [5, 5.41) is 5.22. The van der Waals surface area contributed by atoms with Crippen molar-refractivity contribution in [2.24, 2.45) is 0 Å².